The first-order chi connectivity index (χ1) is 10.0. The van der Waals surface area contributed by atoms with Crippen LogP contribution in [0.4, 0.5) is 5.69 Å². The van der Waals surface area contributed by atoms with E-state index in [2.05, 4.69) is 36.5 Å². The third kappa shape index (κ3) is 3.63. The fourth-order valence-corrected chi connectivity index (χ4v) is 2.28. The molecule has 2 aromatic carbocycles. The summed E-state index contributed by atoms with van der Waals surface area (Å²) >= 11 is 0. The molecule has 0 saturated heterocycles. The Hall–Kier alpha value is -2.29. The van der Waals surface area contributed by atoms with Crippen LogP contribution in [-0.4, -0.2) is 5.91 Å². The second-order valence-corrected chi connectivity index (χ2v) is 5.36. The maximum Gasteiger partial charge on any atom is 0.252 e. The Kier molecular flexibility index (Phi) is 4.63. The van der Waals surface area contributed by atoms with Gasteiger partial charge in [-0.15, -0.1) is 0 Å². The van der Waals surface area contributed by atoms with Gasteiger partial charge in [-0.1, -0.05) is 37.3 Å². The highest BCUT2D eigenvalue weighted by Gasteiger charge is 2.13. The van der Waals surface area contributed by atoms with Crippen LogP contribution in [0.15, 0.2) is 42.5 Å². The lowest BCUT2D eigenvalue weighted by molar-refractivity contribution is 0.0939. The average molecular weight is 282 g/mol. The highest BCUT2D eigenvalue weighted by atomic mass is 16.1. The van der Waals surface area contributed by atoms with Crippen molar-refractivity contribution in [3.63, 3.8) is 0 Å². The Labute approximate surface area is 126 Å². The molecule has 1 amide bonds. The Morgan fingerprint density at radius 1 is 1.19 bits per heavy atom. The van der Waals surface area contributed by atoms with E-state index in [4.69, 9.17) is 5.73 Å². The molecule has 0 radical (unpaired) electrons. The van der Waals surface area contributed by atoms with Crippen LogP contribution < -0.4 is 11.1 Å². The molecule has 0 aliphatic heterocycles. The first-order valence-electron chi connectivity index (χ1n) is 7.27. The summed E-state index contributed by atoms with van der Waals surface area (Å²) in [6, 6.07) is 13.7. The van der Waals surface area contributed by atoms with Gasteiger partial charge in [-0.05, 0) is 49.1 Å². The van der Waals surface area contributed by atoms with Crippen molar-refractivity contribution in [2.75, 3.05) is 5.73 Å². The molecule has 110 valence electrons. The van der Waals surface area contributed by atoms with Gasteiger partial charge in [-0.2, -0.15) is 0 Å². The fourth-order valence-electron chi connectivity index (χ4n) is 2.28. The number of benzene rings is 2. The van der Waals surface area contributed by atoms with Crippen molar-refractivity contribution in [1.29, 1.82) is 0 Å². The molecule has 0 aromatic heterocycles. The van der Waals surface area contributed by atoms with Crippen LogP contribution in [0.1, 0.15) is 46.9 Å². The van der Waals surface area contributed by atoms with Gasteiger partial charge in [0.2, 0.25) is 0 Å². The Balaban J connectivity index is 2.12. The second-order valence-electron chi connectivity index (χ2n) is 5.36. The number of aryl methyl sites for hydroxylation is 2. The van der Waals surface area contributed by atoms with Gasteiger partial charge in [-0.3, -0.25) is 4.79 Å². The molecule has 1 unspecified atom stereocenters. The molecule has 0 bridgehead atoms. The summed E-state index contributed by atoms with van der Waals surface area (Å²) in [5.74, 6) is -0.0909. The highest BCUT2D eigenvalue weighted by molar-refractivity contribution is 5.96. The molecule has 2 aromatic rings. The lowest BCUT2D eigenvalue weighted by atomic mass is 10.0. The van der Waals surface area contributed by atoms with E-state index >= 15 is 0 Å². The minimum atomic E-state index is -0.0909. The number of carbonyl (C=O) groups is 1. The lowest BCUT2D eigenvalue weighted by Crippen LogP contribution is -2.27. The Morgan fingerprint density at radius 3 is 2.48 bits per heavy atom. The summed E-state index contributed by atoms with van der Waals surface area (Å²) in [6.07, 6.45) is 1.02. The standard InChI is InChI=1S/C18H22N2O/c1-4-14-6-8-15(9-7-14)13(3)20-18(21)17-11-16(19)10-5-12(17)2/h5-11,13H,4,19H2,1-3H3,(H,20,21). The fraction of sp³-hybridized carbons (Fsp3) is 0.278. The number of hydrogen-bond acceptors (Lipinski definition) is 2. The molecule has 3 N–H and O–H groups in total. The largest absolute Gasteiger partial charge is 0.399 e. The molecular formula is C18H22N2O. The summed E-state index contributed by atoms with van der Waals surface area (Å²) in [6.45, 7) is 6.03. The summed E-state index contributed by atoms with van der Waals surface area (Å²) < 4.78 is 0. The molecule has 0 aliphatic rings. The van der Waals surface area contributed by atoms with Crippen LogP contribution in [0.2, 0.25) is 0 Å². The third-order valence-corrected chi connectivity index (χ3v) is 3.74. The normalized spacial score (nSPS) is 12.0. The highest BCUT2D eigenvalue weighted by Crippen LogP contribution is 2.17. The van der Waals surface area contributed by atoms with Crippen LogP contribution in [0.25, 0.3) is 0 Å². The third-order valence-electron chi connectivity index (χ3n) is 3.74. The number of nitrogens with one attached hydrogen (secondary N) is 1. The SMILES string of the molecule is CCc1ccc(C(C)NC(=O)c2cc(N)ccc2C)cc1. The number of amides is 1. The zero-order valence-electron chi connectivity index (χ0n) is 12.8. The number of nitrogen functional groups attached to an aromatic ring is 1. The van der Waals surface area contributed by atoms with Crippen molar-refractivity contribution in [2.24, 2.45) is 0 Å². The Morgan fingerprint density at radius 2 is 1.86 bits per heavy atom. The molecule has 2 rings (SSSR count). The topological polar surface area (TPSA) is 55.1 Å². The van der Waals surface area contributed by atoms with Gasteiger partial charge in [0.15, 0.2) is 0 Å². The van der Waals surface area contributed by atoms with Gasteiger partial charge in [0.05, 0.1) is 6.04 Å². The van der Waals surface area contributed by atoms with E-state index in [1.165, 1.54) is 5.56 Å². The summed E-state index contributed by atoms with van der Waals surface area (Å²) in [5, 5.41) is 3.02. The van der Waals surface area contributed by atoms with Crippen molar-refractivity contribution in [1.82, 2.24) is 5.32 Å². The quantitative estimate of drug-likeness (QED) is 0.841. The molecule has 0 heterocycles. The maximum atomic E-state index is 12.4. The minimum Gasteiger partial charge on any atom is -0.399 e. The van der Waals surface area contributed by atoms with E-state index in [0.717, 1.165) is 17.5 Å². The Bertz CT molecular complexity index is 632. The van der Waals surface area contributed by atoms with Crippen molar-refractivity contribution in [2.45, 2.75) is 33.2 Å². The number of hydrogen-bond donors (Lipinski definition) is 2. The monoisotopic (exact) mass is 282 g/mol. The first-order valence-corrected chi connectivity index (χ1v) is 7.27. The van der Waals surface area contributed by atoms with Gasteiger partial charge < -0.3 is 11.1 Å². The van der Waals surface area contributed by atoms with E-state index in [1.807, 2.05) is 19.9 Å². The van der Waals surface area contributed by atoms with Crippen molar-refractivity contribution in [3.8, 4) is 0 Å². The predicted molar refractivity (Wildman–Crippen MR) is 87.3 cm³/mol. The van der Waals surface area contributed by atoms with Crippen molar-refractivity contribution < 1.29 is 4.79 Å². The van der Waals surface area contributed by atoms with Crippen LogP contribution >= 0.6 is 0 Å². The number of nitrogens with two attached hydrogens (primary N) is 1. The van der Waals surface area contributed by atoms with Crippen molar-refractivity contribution in [3.05, 3.63) is 64.7 Å². The van der Waals surface area contributed by atoms with E-state index in [1.54, 1.807) is 12.1 Å². The predicted octanol–water partition coefficient (Wildman–Crippen LogP) is 3.63. The molecule has 21 heavy (non-hydrogen) atoms. The first kappa shape index (κ1) is 15.1. The second kappa shape index (κ2) is 6.44. The number of anilines is 1. The molecule has 0 spiro atoms. The van der Waals surface area contributed by atoms with Crippen LogP contribution in [0.5, 0.6) is 0 Å². The van der Waals surface area contributed by atoms with Crippen LogP contribution in [-0.2, 0) is 6.42 Å². The van der Waals surface area contributed by atoms with Gasteiger partial charge in [0.1, 0.15) is 0 Å². The molecule has 0 saturated carbocycles. The lowest BCUT2D eigenvalue weighted by Gasteiger charge is -2.16. The maximum absolute atomic E-state index is 12.4. The van der Waals surface area contributed by atoms with Crippen molar-refractivity contribution >= 4 is 11.6 Å². The van der Waals surface area contributed by atoms with E-state index in [9.17, 15) is 4.79 Å². The van der Waals surface area contributed by atoms with E-state index in [-0.39, 0.29) is 11.9 Å². The number of carbonyl (C=O) groups excluding carboxylic acids is 1. The zero-order chi connectivity index (χ0) is 15.4. The molecule has 1 atom stereocenters. The van der Waals surface area contributed by atoms with Crippen LogP contribution in [0, 0.1) is 6.92 Å². The molecular weight excluding hydrogens is 260 g/mol. The summed E-state index contributed by atoms with van der Waals surface area (Å²) in [4.78, 5) is 12.4. The average Bonchev–Trinajstić information content (AvgIpc) is 2.49. The summed E-state index contributed by atoms with van der Waals surface area (Å²) in [7, 11) is 0. The van der Waals surface area contributed by atoms with Gasteiger partial charge in [0.25, 0.3) is 5.91 Å². The summed E-state index contributed by atoms with van der Waals surface area (Å²) in [5.41, 5.74) is 10.3. The minimum absolute atomic E-state index is 0.0377. The van der Waals surface area contributed by atoms with Crippen LogP contribution in [0.3, 0.4) is 0 Å². The van der Waals surface area contributed by atoms with E-state index in [0.29, 0.717) is 11.3 Å². The van der Waals surface area contributed by atoms with Gasteiger partial charge >= 0.3 is 0 Å². The molecule has 3 nitrogen and oxygen atoms in total. The molecule has 3 heteroatoms. The van der Waals surface area contributed by atoms with Gasteiger partial charge in [0, 0.05) is 11.3 Å². The molecule has 0 aliphatic carbocycles. The number of rotatable bonds is 4. The molecule has 0 fully saturated rings. The van der Waals surface area contributed by atoms with E-state index < -0.39 is 0 Å². The smallest absolute Gasteiger partial charge is 0.252 e. The zero-order valence-corrected chi connectivity index (χ0v) is 12.8. The van der Waals surface area contributed by atoms with Gasteiger partial charge in [-0.25, -0.2) is 0 Å².